The van der Waals surface area contributed by atoms with Gasteiger partial charge in [-0.25, -0.2) is 4.39 Å². The summed E-state index contributed by atoms with van der Waals surface area (Å²) in [6.07, 6.45) is 0. The van der Waals surface area contributed by atoms with E-state index in [9.17, 15) is 9.18 Å². The second-order valence-corrected chi connectivity index (χ2v) is 4.24. The van der Waals surface area contributed by atoms with Crippen molar-refractivity contribution in [2.45, 2.75) is 13.5 Å². The van der Waals surface area contributed by atoms with Crippen molar-refractivity contribution in [2.75, 3.05) is 26.7 Å². The highest BCUT2D eigenvalue weighted by atomic mass is 19.1. The van der Waals surface area contributed by atoms with Crippen LogP contribution in [0, 0.1) is 5.82 Å². The van der Waals surface area contributed by atoms with Crippen LogP contribution in [0.2, 0.25) is 0 Å². The van der Waals surface area contributed by atoms with Gasteiger partial charge in [0.05, 0.1) is 0 Å². The number of rotatable bonds is 7. The van der Waals surface area contributed by atoms with E-state index >= 15 is 0 Å². The molecule has 1 aromatic carbocycles. The topological polar surface area (TPSA) is 58.4 Å². The number of hydrogen-bond donors (Lipinski definition) is 2. The largest absolute Gasteiger partial charge is 0.366 e. The van der Waals surface area contributed by atoms with E-state index in [0.717, 1.165) is 19.6 Å². The summed E-state index contributed by atoms with van der Waals surface area (Å²) in [6, 6.07) is 4.16. The molecule has 18 heavy (non-hydrogen) atoms. The Morgan fingerprint density at radius 2 is 2.22 bits per heavy atom. The van der Waals surface area contributed by atoms with Crippen molar-refractivity contribution in [3.63, 3.8) is 0 Å². The summed E-state index contributed by atoms with van der Waals surface area (Å²) >= 11 is 0. The molecule has 100 valence electrons. The molecule has 0 radical (unpaired) electrons. The van der Waals surface area contributed by atoms with Crippen molar-refractivity contribution in [3.8, 4) is 0 Å². The molecular formula is C13H20FN3O. The van der Waals surface area contributed by atoms with Gasteiger partial charge in [-0.1, -0.05) is 6.92 Å². The Morgan fingerprint density at radius 3 is 2.83 bits per heavy atom. The van der Waals surface area contributed by atoms with Crippen LogP contribution in [0.15, 0.2) is 18.2 Å². The molecule has 0 spiro atoms. The molecule has 0 heterocycles. The van der Waals surface area contributed by atoms with E-state index < -0.39 is 5.91 Å². The third-order valence-corrected chi connectivity index (χ3v) is 2.86. The maximum atomic E-state index is 13.5. The van der Waals surface area contributed by atoms with Crippen LogP contribution in [0.5, 0.6) is 0 Å². The van der Waals surface area contributed by atoms with Crippen LogP contribution >= 0.6 is 0 Å². The van der Waals surface area contributed by atoms with Gasteiger partial charge in [0.15, 0.2) is 0 Å². The van der Waals surface area contributed by atoms with Crippen LogP contribution < -0.4 is 11.1 Å². The van der Waals surface area contributed by atoms with Crippen molar-refractivity contribution in [2.24, 2.45) is 5.73 Å². The van der Waals surface area contributed by atoms with Crippen LogP contribution in [0.1, 0.15) is 22.8 Å². The number of amides is 1. The molecule has 4 nitrogen and oxygen atoms in total. The zero-order chi connectivity index (χ0) is 13.5. The van der Waals surface area contributed by atoms with Crippen LogP contribution in [-0.2, 0) is 6.54 Å². The Labute approximate surface area is 107 Å². The molecule has 0 saturated carbocycles. The molecule has 0 aromatic heterocycles. The van der Waals surface area contributed by atoms with E-state index in [0.29, 0.717) is 17.7 Å². The zero-order valence-corrected chi connectivity index (χ0v) is 10.9. The number of nitrogens with zero attached hydrogens (tertiary/aromatic N) is 1. The molecular weight excluding hydrogens is 233 g/mol. The number of carbonyl (C=O) groups excluding carboxylic acids is 1. The van der Waals surface area contributed by atoms with Gasteiger partial charge in [0, 0.05) is 30.8 Å². The average Bonchev–Trinajstić information content (AvgIpc) is 2.35. The normalized spacial score (nSPS) is 10.9. The lowest BCUT2D eigenvalue weighted by atomic mass is 10.1. The first-order valence-corrected chi connectivity index (χ1v) is 6.02. The van der Waals surface area contributed by atoms with Gasteiger partial charge in [-0.2, -0.15) is 0 Å². The standard InChI is InChI=1S/C13H20FN3O/c1-3-17(2)7-6-16-9-11-8-10(13(15)18)4-5-12(11)14/h4-5,8,16H,3,6-7,9H2,1-2H3,(H2,15,18). The van der Waals surface area contributed by atoms with Gasteiger partial charge in [-0.3, -0.25) is 4.79 Å². The number of nitrogens with one attached hydrogen (secondary N) is 1. The molecule has 0 saturated heterocycles. The molecule has 0 aliphatic carbocycles. The Bertz CT molecular complexity index is 409. The van der Waals surface area contributed by atoms with Crippen molar-refractivity contribution < 1.29 is 9.18 Å². The van der Waals surface area contributed by atoms with Crippen molar-refractivity contribution in [1.29, 1.82) is 0 Å². The third kappa shape index (κ3) is 4.43. The van der Waals surface area contributed by atoms with Crippen LogP contribution in [0.3, 0.4) is 0 Å². The number of benzene rings is 1. The lowest BCUT2D eigenvalue weighted by Crippen LogP contribution is -2.29. The summed E-state index contributed by atoms with van der Waals surface area (Å²) in [6.45, 7) is 5.12. The fourth-order valence-electron chi connectivity index (χ4n) is 1.51. The molecule has 0 aliphatic heterocycles. The predicted molar refractivity (Wildman–Crippen MR) is 69.8 cm³/mol. The van der Waals surface area contributed by atoms with Crippen LogP contribution in [0.4, 0.5) is 4.39 Å². The average molecular weight is 253 g/mol. The summed E-state index contributed by atoms with van der Waals surface area (Å²) in [5.74, 6) is -0.863. The number of nitrogens with two attached hydrogens (primary N) is 1. The molecule has 0 bridgehead atoms. The number of hydrogen-bond acceptors (Lipinski definition) is 3. The number of carbonyl (C=O) groups is 1. The fraction of sp³-hybridized carbons (Fsp3) is 0.462. The molecule has 0 aliphatic rings. The molecule has 1 amide bonds. The summed E-state index contributed by atoms with van der Waals surface area (Å²) in [5.41, 5.74) is 5.95. The fourth-order valence-corrected chi connectivity index (χ4v) is 1.51. The predicted octanol–water partition coefficient (Wildman–Crippen LogP) is 0.966. The molecule has 1 aromatic rings. The van der Waals surface area contributed by atoms with E-state index in [1.807, 2.05) is 7.05 Å². The second kappa shape index (κ2) is 7.08. The van der Waals surface area contributed by atoms with Gasteiger partial charge >= 0.3 is 0 Å². The number of halogens is 1. The first-order chi connectivity index (χ1) is 8.54. The van der Waals surface area contributed by atoms with E-state index in [2.05, 4.69) is 17.1 Å². The first-order valence-electron chi connectivity index (χ1n) is 6.02. The van der Waals surface area contributed by atoms with Gasteiger partial charge in [0.25, 0.3) is 0 Å². The van der Waals surface area contributed by atoms with Gasteiger partial charge in [-0.15, -0.1) is 0 Å². The Kier molecular flexibility index (Phi) is 5.74. The first kappa shape index (κ1) is 14.6. The Hall–Kier alpha value is -1.46. The van der Waals surface area contributed by atoms with Crippen molar-refractivity contribution in [1.82, 2.24) is 10.2 Å². The molecule has 0 unspecified atom stereocenters. The van der Waals surface area contributed by atoms with Gasteiger partial charge in [0.1, 0.15) is 5.82 Å². The molecule has 0 fully saturated rings. The highest BCUT2D eigenvalue weighted by Gasteiger charge is 2.06. The molecule has 5 heteroatoms. The Morgan fingerprint density at radius 1 is 1.50 bits per heavy atom. The van der Waals surface area contributed by atoms with E-state index in [1.165, 1.54) is 18.2 Å². The van der Waals surface area contributed by atoms with Crippen LogP contribution in [-0.4, -0.2) is 37.5 Å². The zero-order valence-electron chi connectivity index (χ0n) is 10.9. The van der Waals surface area contributed by atoms with Crippen molar-refractivity contribution in [3.05, 3.63) is 35.1 Å². The maximum Gasteiger partial charge on any atom is 0.248 e. The van der Waals surface area contributed by atoms with Gasteiger partial charge < -0.3 is 16.0 Å². The summed E-state index contributed by atoms with van der Waals surface area (Å²) in [5, 5.41) is 3.14. The molecule has 3 N–H and O–H groups in total. The smallest absolute Gasteiger partial charge is 0.248 e. The Balaban J connectivity index is 2.51. The lowest BCUT2D eigenvalue weighted by Gasteiger charge is -2.14. The van der Waals surface area contributed by atoms with E-state index in [1.54, 1.807) is 0 Å². The second-order valence-electron chi connectivity index (χ2n) is 4.24. The van der Waals surface area contributed by atoms with Crippen LogP contribution in [0.25, 0.3) is 0 Å². The minimum absolute atomic E-state index is 0.323. The lowest BCUT2D eigenvalue weighted by molar-refractivity contribution is 0.1000. The minimum atomic E-state index is -0.540. The minimum Gasteiger partial charge on any atom is -0.366 e. The summed E-state index contributed by atoms with van der Waals surface area (Å²) < 4.78 is 13.5. The van der Waals surface area contributed by atoms with Crippen molar-refractivity contribution >= 4 is 5.91 Å². The monoisotopic (exact) mass is 253 g/mol. The van der Waals surface area contributed by atoms with E-state index in [4.69, 9.17) is 5.73 Å². The third-order valence-electron chi connectivity index (χ3n) is 2.86. The molecule has 0 atom stereocenters. The summed E-state index contributed by atoms with van der Waals surface area (Å²) in [7, 11) is 2.02. The van der Waals surface area contributed by atoms with Gasteiger partial charge in [0.2, 0.25) is 5.91 Å². The SMILES string of the molecule is CCN(C)CCNCc1cc(C(N)=O)ccc1F. The maximum absolute atomic E-state index is 13.5. The number of primary amides is 1. The molecule has 1 rings (SSSR count). The van der Waals surface area contributed by atoms with Gasteiger partial charge in [-0.05, 0) is 31.8 Å². The number of likely N-dealkylation sites (N-methyl/N-ethyl adjacent to an activating group) is 1. The quantitative estimate of drug-likeness (QED) is 0.712. The van der Waals surface area contributed by atoms with E-state index in [-0.39, 0.29) is 5.82 Å². The highest BCUT2D eigenvalue weighted by molar-refractivity contribution is 5.92. The highest BCUT2D eigenvalue weighted by Crippen LogP contribution is 2.10. The summed E-state index contributed by atoms with van der Waals surface area (Å²) in [4.78, 5) is 13.2.